The summed E-state index contributed by atoms with van der Waals surface area (Å²) in [5.74, 6) is 1.45. The van der Waals surface area contributed by atoms with Gasteiger partial charge in [0.15, 0.2) is 11.9 Å². The van der Waals surface area contributed by atoms with Crippen LogP contribution >= 0.6 is 0 Å². The summed E-state index contributed by atoms with van der Waals surface area (Å²) < 4.78 is 12.0. The minimum Gasteiger partial charge on any atom is -0.482 e. The molecular weight excluding hydrogens is 360 g/mol. The molecule has 4 nitrogen and oxygen atoms in total. The Morgan fingerprint density at radius 2 is 2.00 bits per heavy atom. The fraction of sp³-hybridized carbons (Fsp3) is 0.0800. The number of rotatable bonds is 6. The monoisotopic (exact) mass is 379 g/mol. The molecule has 0 aliphatic carbocycles. The summed E-state index contributed by atoms with van der Waals surface area (Å²) in [6.07, 6.45) is 5.43. The van der Waals surface area contributed by atoms with Gasteiger partial charge in [-0.2, -0.15) is 5.26 Å². The molecule has 1 radical (unpaired) electrons. The van der Waals surface area contributed by atoms with Crippen LogP contribution < -0.4 is 4.74 Å². The van der Waals surface area contributed by atoms with Crippen LogP contribution in [0.15, 0.2) is 83.6 Å². The zero-order valence-corrected chi connectivity index (χ0v) is 15.8. The largest absolute Gasteiger partial charge is 0.482 e. The lowest BCUT2D eigenvalue weighted by atomic mass is 10.1. The van der Waals surface area contributed by atoms with E-state index in [0.717, 1.165) is 22.1 Å². The summed E-state index contributed by atoms with van der Waals surface area (Å²) in [5, 5.41) is 11.6. The SMILES string of the molecule is [CH2]C[C@@H](Oc1cccc(C=C(C#N)c2ccccn2)c1)c1occ2ccccc12. The molecule has 0 fully saturated rings. The minimum atomic E-state index is -0.305. The Balaban J connectivity index is 1.61. The normalized spacial score (nSPS) is 12.5. The second-order valence-electron chi connectivity index (χ2n) is 6.54. The molecule has 0 N–H and O–H groups in total. The number of nitriles is 1. The van der Waals surface area contributed by atoms with Crippen molar-refractivity contribution in [1.82, 2.24) is 4.98 Å². The first-order valence-electron chi connectivity index (χ1n) is 9.34. The molecule has 2 aromatic heterocycles. The van der Waals surface area contributed by atoms with Crippen LogP contribution in [0.2, 0.25) is 0 Å². The van der Waals surface area contributed by atoms with Crippen molar-refractivity contribution in [2.45, 2.75) is 12.5 Å². The van der Waals surface area contributed by atoms with Crippen molar-refractivity contribution in [3.05, 3.63) is 103 Å². The highest BCUT2D eigenvalue weighted by Gasteiger charge is 2.18. The average Bonchev–Trinajstić information content (AvgIpc) is 3.21. The van der Waals surface area contributed by atoms with Crippen LogP contribution in [0.3, 0.4) is 0 Å². The summed E-state index contributed by atoms with van der Waals surface area (Å²) in [7, 11) is 0. The number of ether oxygens (including phenoxy) is 1. The fourth-order valence-corrected chi connectivity index (χ4v) is 3.20. The van der Waals surface area contributed by atoms with E-state index < -0.39 is 0 Å². The molecule has 2 heterocycles. The van der Waals surface area contributed by atoms with Gasteiger partial charge in [-0.05, 0) is 49.2 Å². The number of hydrogen-bond donors (Lipinski definition) is 0. The molecule has 141 valence electrons. The Morgan fingerprint density at radius 3 is 2.79 bits per heavy atom. The van der Waals surface area contributed by atoms with Gasteiger partial charge in [-0.1, -0.05) is 42.5 Å². The van der Waals surface area contributed by atoms with Crippen LogP contribution in [0, 0.1) is 18.3 Å². The Bertz CT molecular complexity index is 1190. The van der Waals surface area contributed by atoms with E-state index in [9.17, 15) is 5.26 Å². The third kappa shape index (κ3) is 4.04. The van der Waals surface area contributed by atoms with Crippen LogP contribution in [0.4, 0.5) is 0 Å². The van der Waals surface area contributed by atoms with E-state index in [4.69, 9.17) is 9.15 Å². The third-order valence-electron chi connectivity index (χ3n) is 4.60. The maximum atomic E-state index is 9.51. The van der Waals surface area contributed by atoms with Gasteiger partial charge in [0.05, 0.1) is 17.5 Å². The molecule has 29 heavy (non-hydrogen) atoms. The van der Waals surface area contributed by atoms with Gasteiger partial charge in [0.2, 0.25) is 0 Å². The molecule has 0 amide bonds. The smallest absolute Gasteiger partial charge is 0.157 e. The van der Waals surface area contributed by atoms with Gasteiger partial charge in [0, 0.05) is 17.0 Å². The predicted molar refractivity (Wildman–Crippen MR) is 114 cm³/mol. The lowest BCUT2D eigenvalue weighted by Gasteiger charge is -2.16. The van der Waals surface area contributed by atoms with E-state index in [1.807, 2.05) is 66.7 Å². The van der Waals surface area contributed by atoms with Crippen molar-refractivity contribution in [3.63, 3.8) is 0 Å². The number of hydrogen-bond acceptors (Lipinski definition) is 4. The maximum absolute atomic E-state index is 9.51. The number of nitrogens with zero attached hydrogens (tertiary/aromatic N) is 2. The fourth-order valence-electron chi connectivity index (χ4n) is 3.20. The molecule has 0 saturated carbocycles. The summed E-state index contributed by atoms with van der Waals surface area (Å²) in [4.78, 5) is 4.25. The first kappa shape index (κ1) is 18.5. The first-order valence-corrected chi connectivity index (χ1v) is 9.34. The Hall–Kier alpha value is -3.84. The van der Waals surface area contributed by atoms with Gasteiger partial charge in [0.1, 0.15) is 11.8 Å². The molecule has 0 unspecified atom stereocenters. The molecule has 0 aliphatic rings. The predicted octanol–water partition coefficient (Wildman–Crippen LogP) is 6.24. The molecular formula is C25H19N2O2. The van der Waals surface area contributed by atoms with E-state index in [1.165, 1.54) is 0 Å². The highest BCUT2D eigenvalue weighted by molar-refractivity contribution is 5.88. The van der Waals surface area contributed by atoms with Gasteiger partial charge >= 0.3 is 0 Å². The lowest BCUT2D eigenvalue weighted by molar-refractivity contribution is 0.180. The van der Waals surface area contributed by atoms with Crippen LogP contribution in [0.5, 0.6) is 5.75 Å². The minimum absolute atomic E-state index is 0.305. The second-order valence-corrected chi connectivity index (χ2v) is 6.54. The average molecular weight is 379 g/mol. The van der Waals surface area contributed by atoms with Crippen molar-refractivity contribution in [3.8, 4) is 11.8 Å². The first-order chi connectivity index (χ1) is 14.3. The van der Waals surface area contributed by atoms with E-state index in [-0.39, 0.29) is 6.10 Å². The van der Waals surface area contributed by atoms with Crippen molar-refractivity contribution < 1.29 is 9.15 Å². The van der Waals surface area contributed by atoms with Crippen molar-refractivity contribution in [1.29, 1.82) is 5.26 Å². The third-order valence-corrected chi connectivity index (χ3v) is 4.60. The number of furan rings is 1. The molecule has 4 rings (SSSR count). The van der Waals surface area contributed by atoms with Crippen LogP contribution in [0.1, 0.15) is 29.5 Å². The van der Waals surface area contributed by atoms with Crippen LogP contribution in [-0.2, 0) is 0 Å². The van der Waals surface area contributed by atoms with Crippen molar-refractivity contribution in [2.24, 2.45) is 0 Å². The zero-order chi connectivity index (χ0) is 20.1. The zero-order valence-electron chi connectivity index (χ0n) is 15.8. The van der Waals surface area contributed by atoms with Crippen LogP contribution in [-0.4, -0.2) is 4.98 Å². The summed E-state index contributed by atoms with van der Waals surface area (Å²) in [6, 6.07) is 23.3. The summed E-state index contributed by atoms with van der Waals surface area (Å²) in [6.45, 7) is 4.02. The quantitative estimate of drug-likeness (QED) is 0.372. The van der Waals surface area contributed by atoms with Gasteiger partial charge in [-0.3, -0.25) is 4.98 Å². The number of allylic oxidation sites excluding steroid dienone is 1. The molecule has 1 atom stereocenters. The number of fused-ring (bicyclic) bond motifs is 1. The summed E-state index contributed by atoms with van der Waals surface area (Å²) >= 11 is 0. The Labute approximate surface area is 169 Å². The standard InChI is InChI=1S/C25H19N2O2/c1-2-24(25-22-11-4-3-9-19(22)17-28-25)29-21-10-7-8-18(15-21)14-20(16-26)23-12-5-6-13-27-23/h3-15,17,24H,1-2H2/t24-/m1/s1. The van der Waals surface area contributed by atoms with Gasteiger partial charge in [0.25, 0.3) is 0 Å². The maximum Gasteiger partial charge on any atom is 0.157 e. The topological polar surface area (TPSA) is 59.0 Å². The van der Waals surface area contributed by atoms with E-state index in [2.05, 4.69) is 18.0 Å². The Morgan fingerprint density at radius 1 is 1.14 bits per heavy atom. The van der Waals surface area contributed by atoms with E-state index in [1.54, 1.807) is 18.5 Å². The highest BCUT2D eigenvalue weighted by atomic mass is 16.5. The van der Waals surface area contributed by atoms with E-state index >= 15 is 0 Å². The second kappa shape index (κ2) is 8.45. The van der Waals surface area contributed by atoms with Crippen molar-refractivity contribution in [2.75, 3.05) is 0 Å². The lowest BCUT2D eigenvalue weighted by Crippen LogP contribution is -2.06. The molecule has 0 spiro atoms. The van der Waals surface area contributed by atoms with Crippen molar-refractivity contribution >= 4 is 22.4 Å². The van der Waals surface area contributed by atoms with Gasteiger partial charge in [-0.15, -0.1) is 0 Å². The number of pyridine rings is 1. The van der Waals surface area contributed by atoms with Crippen LogP contribution in [0.25, 0.3) is 22.4 Å². The molecule has 0 aliphatic heterocycles. The molecule has 4 aromatic rings. The molecule has 0 saturated heterocycles. The molecule has 0 bridgehead atoms. The molecule has 2 aromatic carbocycles. The number of benzene rings is 2. The highest BCUT2D eigenvalue weighted by Crippen LogP contribution is 2.32. The molecule has 4 heteroatoms. The van der Waals surface area contributed by atoms with Gasteiger partial charge in [-0.25, -0.2) is 0 Å². The number of aromatic nitrogens is 1. The Kier molecular flexibility index (Phi) is 5.40. The van der Waals surface area contributed by atoms with E-state index in [0.29, 0.717) is 23.4 Å². The van der Waals surface area contributed by atoms with Gasteiger partial charge < -0.3 is 9.15 Å². The summed E-state index contributed by atoms with van der Waals surface area (Å²) in [5.41, 5.74) is 1.99.